The lowest BCUT2D eigenvalue weighted by Gasteiger charge is -2.11. The SMILES string of the molecule is CC(C)c1cc(Cl)cc2c1NC(=O)C2. The van der Waals surface area contributed by atoms with E-state index in [2.05, 4.69) is 19.2 Å². The number of rotatable bonds is 1. The zero-order chi connectivity index (χ0) is 10.3. The zero-order valence-electron chi connectivity index (χ0n) is 8.23. The molecule has 1 amide bonds. The number of halogens is 1. The minimum Gasteiger partial charge on any atom is -0.325 e. The van der Waals surface area contributed by atoms with Crippen molar-refractivity contribution < 1.29 is 4.79 Å². The van der Waals surface area contributed by atoms with Gasteiger partial charge in [0.25, 0.3) is 0 Å². The predicted molar refractivity (Wildman–Crippen MR) is 57.9 cm³/mol. The van der Waals surface area contributed by atoms with Gasteiger partial charge in [-0.25, -0.2) is 0 Å². The van der Waals surface area contributed by atoms with Gasteiger partial charge in [0.05, 0.1) is 6.42 Å². The first-order valence-electron chi connectivity index (χ1n) is 4.70. The Hall–Kier alpha value is -1.02. The molecule has 0 spiro atoms. The first-order valence-corrected chi connectivity index (χ1v) is 5.08. The molecule has 0 unspecified atom stereocenters. The highest BCUT2D eigenvalue weighted by Crippen LogP contribution is 2.34. The lowest BCUT2D eigenvalue weighted by atomic mass is 9.98. The molecular weight excluding hydrogens is 198 g/mol. The highest BCUT2D eigenvalue weighted by molar-refractivity contribution is 6.31. The smallest absolute Gasteiger partial charge is 0.228 e. The van der Waals surface area contributed by atoms with Gasteiger partial charge in [0.1, 0.15) is 0 Å². The maximum atomic E-state index is 11.2. The van der Waals surface area contributed by atoms with Gasteiger partial charge in [-0.1, -0.05) is 25.4 Å². The van der Waals surface area contributed by atoms with Crippen molar-refractivity contribution >= 4 is 23.2 Å². The van der Waals surface area contributed by atoms with Gasteiger partial charge >= 0.3 is 0 Å². The van der Waals surface area contributed by atoms with E-state index in [1.807, 2.05) is 12.1 Å². The van der Waals surface area contributed by atoms with Crippen LogP contribution in [-0.2, 0) is 11.2 Å². The molecule has 2 rings (SSSR count). The van der Waals surface area contributed by atoms with Gasteiger partial charge in [0, 0.05) is 10.7 Å². The van der Waals surface area contributed by atoms with Crippen molar-refractivity contribution in [2.24, 2.45) is 0 Å². The first-order chi connectivity index (χ1) is 6.58. The third-order valence-corrected chi connectivity index (χ3v) is 2.67. The highest BCUT2D eigenvalue weighted by Gasteiger charge is 2.22. The van der Waals surface area contributed by atoms with Crippen molar-refractivity contribution in [1.29, 1.82) is 0 Å². The molecular formula is C11H12ClNO. The number of carbonyl (C=O) groups excluding carboxylic acids is 1. The number of amides is 1. The van der Waals surface area contributed by atoms with Gasteiger partial charge in [0.2, 0.25) is 5.91 Å². The van der Waals surface area contributed by atoms with E-state index in [9.17, 15) is 4.79 Å². The second-order valence-corrected chi connectivity index (χ2v) is 4.35. The van der Waals surface area contributed by atoms with Crippen molar-refractivity contribution in [3.05, 3.63) is 28.3 Å². The average Bonchev–Trinajstić information content (AvgIpc) is 2.42. The molecule has 1 heterocycles. The fourth-order valence-corrected chi connectivity index (χ4v) is 2.04. The van der Waals surface area contributed by atoms with Crippen molar-refractivity contribution in [3.8, 4) is 0 Å². The van der Waals surface area contributed by atoms with Crippen LogP contribution in [0.1, 0.15) is 30.9 Å². The van der Waals surface area contributed by atoms with Crippen LogP contribution in [-0.4, -0.2) is 5.91 Å². The Kier molecular flexibility index (Phi) is 2.23. The maximum absolute atomic E-state index is 11.2. The van der Waals surface area contributed by atoms with E-state index >= 15 is 0 Å². The predicted octanol–water partition coefficient (Wildman–Crippen LogP) is 2.96. The zero-order valence-corrected chi connectivity index (χ0v) is 8.98. The summed E-state index contributed by atoms with van der Waals surface area (Å²) >= 11 is 5.98. The maximum Gasteiger partial charge on any atom is 0.228 e. The van der Waals surface area contributed by atoms with Crippen LogP contribution >= 0.6 is 11.6 Å². The third kappa shape index (κ3) is 1.50. The standard InChI is InChI=1S/C11H12ClNO/c1-6(2)9-5-8(12)3-7-4-10(14)13-11(7)9/h3,5-6H,4H2,1-2H3,(H,13,14). The first kappa shape index (κ1) is 9.53. The van der Waals surface area contributed by atoms with Gasteiger partial charge in [0.15, 0.2) is 0 Å². The van der Waals surface area contributed by atoms with Crippen molar-refractivity contribution in [1.82, 2.24) is 0 Å². The van der Waals surface area contributed by atoms with Gasteiger partial charge < -0.3 is 5.32 Å². The summed E-state index contributed by atoms with van der Waals surface area (Å²) in [5.74, 6) is 0.435. The molecule has 0 radical (unpaired) electrons. The molecule has 0 bridgehead atoms. The molecule has 1 aliphatic heterocycles. The van der Waals surface area contributed by atoms with Crippen molar-refractivity contribution in [2.45, 2.75) is 26.2 Å². The molecule has 14 heavy (non-hydrogen) atoms. The average molecular weight is 210 g/mol. The lowest BCUT2D eigenvalue weighted by Crippen LogP contribution is -2.05. The Balaban J connectivity index is 2.57. The lowest BCUT2D eigenvalue weighted by molar-refractivity contribution is -0.115. The van der Waals surface area contributed by atoms with Crippen molar-refractivity contribution in [2.75, 3.05) is 5.32 Å². The van der Waals surface area contributed by atoms with Gasteiger partial charge in [-0.05, 0) is 29.2 Å². The van der Waals surface area contributed by atoms with Crippen LogP contribution in [0.4, 0.5) is 5.69 Å². The minimum absolute atomic E-state index is 0.0594. The molecule has 74 valence electrons. The Morgan fingerprint density at radius 1 is 1.43 bits per heavy atom. The molecule has 0 atom stereocenters. The Morgan fingerprint density at radius 3 is 2.79 bits per heavy atom. The number of carbonyl (C=O) groups is 1. The highest BCUT2D eigenvalue weighted by atomic mass is 35.5. The van der Waals surface area contributed by atoms with E-state index in [-0.39, 0.29) is 5.91 Å². The van der Waals surface area contributed by atoms with Crippen LogP contribution in [0.5, 0.6) is 0 Å². The van der Waals surface area contributed by atoms with E-state index in [4.69, 9.17) is 11.6 Å². The van der Waals surface area contributed by atoms with E-state index in [0.717, 1.165) is 16.8 Å². The molecule has 0 fully saturated rings. The molecule has 1 aromatic rings. The molecule has 0 aliphatic carbocycles. The molecule has 2 nitrogen and oxygen atoms in total. The third-order valence-electron chi connectivity index (χ3n) is 2.45. The number of hydrogen-bond acceptors (Lipinski definition) is 1. The van der Waals surface area contributed by atoms with Crippen LogP contribution in [0.2, 0.25) is 5.02 Å². The Morgan fingerprint density at radius 2 is 2.14 bits per heavy atom. The topological polar surface area (TPSA) is 29.1 Å². The van der Waals surface area contributed by atoms with Crippen molar-refractivity contribution in [3.63, 3.8) is 0 Å². The summed E-state index contributed by atoms with van der Waals surface area (Å²) in [4.78, 5) is 11.2. The minimum atomic E-state index is 0.0594. The Bertz CT molecular complexity index is 399. The van der Waals surface area contributed by atoms with Crippen LogP contribution in [0.25, 0.3) is 0 Å². The summed E-state index contributed by atoms with van der Waals surface area (Å²) in [5, 5.41) is 3.59. The largest absolute Gasteiger partial charge is 0.325 e. The van der Waals surface area contributed by atoms with E-state index in [1.165, 1.54) is 0 Å². The van der Waals surface area contributed by atoms with E-state index < -0.39 is 0 Å². The second kappa shape index (κ2) is 3.28. The number of anilines is 1. The number of fused-ring (bicyclic) bond motifs is 1. The molecule has 3 heteroatoms. The van der Waals surface area contributed by atoms with Crippen LogP contribution in [0.3, 0.4) is 0 Å². The monoisotopic (exact) mass is 209 g/mol. The second-order valence-electron chi connectivity index (χ2n) is 3.91. The fourth-order valence-electron chi connectivity index (χ4n) is 1.79. The van der Waals surface area contributed by atoms with Crippen LogP contribution in [0, 0.1) is 0 Å². The molecule has 1 N–H and O–H groups in total. The summed E-state index contributed by atoms with van der Waals surface area (Å²) < 4.78 is 0. The van der Waals surface area contributed by atoms with Gasteiger partial charge in [-0.2, -0.15) is 0 Å². The summed E-state index contributed by atoms with van der Waals surface area (Å²) in [6.07, 6.45) is 0.454. The van der Waals surface area contributed by atoms with Gasteiger partial charge in [-0.15, -0.1) is 0 Å². The van der Waals surface area contributed by atoms with Gasteiger partial charge in [-0.3, -0.25) is 4.79 Å². The number of hydrogen-bond donors (Lipinski definition) is 1. The van der Waals surface area contributed by atoms with Crippen LogP contribution in [0.15, 0.2) is 12.1 Å². The van der Waals surface area contributed by atoms with Crippen LogP contribution < -0.4 is 5.32 Å². The summed E-state index contributed by atoms with van der Waals surface area (Å²) in [7, 11) is 0. The molecule has 1 aromatic carbocycles. The number of benzene rings is 1. The molecule has 0 saturated carbocycles. The molecule has 0 saturated heterocycles. The fraction of sp³-hybridized carbons (Fsp3) is 0.364. The quantitative estimate of drug-likeness (QED) is 0.757. The summed E-state index contributed by atoms with van der Waals surface area (Å²) in [6, 6.07) is 3.79. The molecule has 0 aromatic heterocycles. The van der Waals surface area contributed by atoms with E-state index in [1.54, 1.807) is 0 Å². The Labute approximate surface area is 88.3 Å². The number of nitrogens with one attached hydrogen (secondary N) is 1. The molecule has 1 aliphatic rings. The summed E-state index contributed by atoms with van der Waals surface area (Å²) in [5.41, 5.74) is 3.11. The summed E-state index contributed by atoms with van der Waals surface area (Å²) in [6.45, 7) is 4.19. The van der Waals surface area contributed by atoms with E-state index in [0.29, 0.717) is 17.4 Å². The normalized spacial score (nSPS) is 14.4.